The van der Waals surface area contributed by atoms with Gasteiger partial charge in [-0.2, -0.15) is 0 Å². The minimum atomic E-state index is -0.0344. The molecule has 1 aromatic heterocycles. The summed E-state index contributed by atoms with van der Waals surface area (Å²) in [5.74, 6) is 0.357. The van der Waals surface area contributed by atoms with Gasteiger partial charge in [-0.1, -0.05) is 19.1 Å². The Hall–Kier alpha value is -2.47. The zero-order chi connectivity index (χ0) is 16.9. The molecule has 3 N–H and O–H groups in total. The van der Waals surface area contributed by atoms with Gasteiger partial charge in [-0.15, -0.1) is 0 Å². The number of nitrogens with two attached hydrogens (primary N) is 1. The van der Waals surface area contributed by atoms with Crippen LogP contribution < -0.4 is 11.1 Å². The maximum Gasteiger partial charge on any atom is 0.251 e. The Balaban J connectivity index is 1.60. The molecular weight excluding hydrogens is 302 g/mol. The zero-order valence-corrected chi connectivity index (χ0v) is 13.9. The van der Waals surface area contributed by atoms with Gasteiger partial charge in [0.2, 0.25) is 0 Å². The summed E-state index contributed by atoms with van der Waals surface area (Å²) in [6.45, 7) is 5.04. The van der Waals surface area contributed by atoms with Gasteiger partial charge in [-0.25, -0.2) is 4.98 Å². The van der Waals surface area contributed by atoms with Crippen LogP contribution >= 0.6 is 0 Å². The van der Waals surface area contributed by atoms with Crippen molar-refractivity contribution in [2.75, 3.05) is 25.4 Å². The highest BCUT2D eigenvalue weighted by Crippen LogP contribution is 2.18. The molecule has 1 aromatic carbocycles. The first-order chi connectivity index (χ1) is 11.7. The summed E-state index contributed by atoms with van der Waals surface area (Å²) in [6, 6.07) is 7.85. The van der Waals surface area contributed by atoms with Crippen LogP contribution in [-0.4, -0.2) is 46.5 Å². The third kappa shape index (κ3) is 3.71. The molecule has 6 nitrogen and oxygen atoms in total. The van der Waals surface area contributed by atoms with E-state index in [2.05, 4.69) is 27.1 Å². The Labute approximate surface area is 142 Å². The number of carbonyl (C=O) groups is 1. The molecule has 3 rings (SSSR count). The Morgan fingerprint density at radius 3 is 2.75 bits per heavy atom. The number of nitrogens with one attached hydrogen (secondary N) is 1. The number of nitrogen functional groups attached to an aromatic ring is 1. The number of nitrogens with zero attached hydrogens (tertiary/aromatic N) is 3. The predicted octanol–water partition coefficient (Wildman–Crippen LogP) is 1.94. The van der Waals surface area contributed by atoms with Crippen LogP contribution in [0.1, 0.15) is 30.1 Å². The number of carbonyl (C=O) groups excluding carboxylic acids is 1. The fraction of sp³-hybridized carbons (Fsp3) is 0.389. The molecule has 0 aliphatic carbocycles. The number of anilines is 1. The van der Waals surface area contributed by atoms with Gasteiger partial charge in [0.05, 0.1) is 18.1 Å². The number of rotatable bonds is 5. The molecule has 0 spiro atoms. The first kappa shape index (κ1) is 16.4. The van der Waals surface area contributed by atoms with Crippen LogP contribution in [-0.2, 0) is 0 Å². The van der Waals surface area contributed by atoms with Crippen LogP contribution in [0.15, 0.2) is 36.7 Å². The molecule has 2 aromatic rings. The fourth-order valence-electron chi connectivity index (χ4n) is 3.13. The molecule has 1 aliphatic rings. The van der Waals surface area contributed by atoms with Gasteiger partial charge >= 0.3 is 0 Å². The van der Waals surface area contributed by atoms with E-state index < -0.39 is 0 Å². The topological polar surface area (TPSA) is 84.1 Å². The summed E-state index contributed by atoms with van der Waals surface area (Å²) < 4.78 is 0. The Bertz CT molecular complexity index is 684. The molecule has 24 heavy (non-hydrogen) atoms. The van der Waals surface area contributed by atoms with Gasteiger partial charge < -0.3 is 11.1 Å². The first-order valence-electron chi connectivity index (χ1n) is 8.37. The van der Waals surface area contributed by atoms with E-state index in [4.69, 9.17) is 5.73 Å². The van der Waals surface area contributed by atoms with Crippen LogP contribution in [0.25, 0.3) is 11.3 Å². The zero-order valence-electron chi connectivity index (χ0n) is 13.9. The largest absolute Gasteiger partial charge is 0.382 e. The summed E-state index contributed by atoms with van der Waals surface area (Å²) >= 11 is 0. The van der Waals surface area contributed by atoms with Gasteiger partial charge in [0.15, 0.2) is 0 Å². The number of likely N-dealkylation sites (N-methyl/N-ethyl adjacent to an activating group) is 1. The molecule has 2 heterocycles. The van der Waals surface area contributed by atoms with Crippen molar-refractivity contribution in [2.45, 2.75) is 25.8 Å². The molecule has 0 saturated carbocycles. The monoisotopic (exact) mass is 325 g/mol. The number of hydrogen-bond acceptors (Lipinski definition) is 5. The minimum Gasteiger partial charge on any atom is -0.382 e. The molecule has 1 aliphatic heterocycles. The molecular formula is C18H23N5O. The molecule has 126 valence electrons. The standard InChI is InChI=1S/C18H23N5O/c1-2-23-9-3-4-15(23)10-22-18(24)14-7-5-13(6-8-14)16-11-21-17(19)12-20-16/h5-8,11-12,15H,2-4,9-10H2,1H3,(H2,19,21)(H,22,24)/t15-/m1/s1. The third-order valence-electron chi connectivity index (χ3n) is 4.52. The molecule has 6 heteroatoms. The van der Waals surface area contributed by atoms with Crippen molar-refractivity contribution in [3.8, 4) is 11.3 Å². The lowest BCUT2D eigenvalue weighted by Crippen LogP contribution is -2.40. The smallest absolute Gasteiger partial charge is 0.251 e. The molecule has 1 amide bonds. The number of aromatic nitrogens is 2. The maximum absolute atomic E-state index is 12.3. The van der Waals surface area contributed by atoms with Gasteiger partial charge in [-0.3, -0.25) is 14.7 Å². The van der Waals surface area contributed by atoms with Gasteiger partial charge in [0, 0.05) is 23.7 Å². The lowest BCUT2D eigenvalue weighted by atomic mass is 10.1. The van der Waals surface area contributed by atoms with E-state index in [1.807, 2.05) is 24.3 Å². The Morgan fingerprint density at radius 1 is 1.29 bits per heavy atom. The second kappa shape index (κ2) is 7.40. The molecule has 1 fully saturated rings. The van der Waals surface area contributed by atoms with Crippen molar-refractivity contribution in [1.82, 2.24) is 20.2 Å². The van der Waals surface area contributed by atoms with E-state index in [1.165, 1.54) is 12.6 Å². The van der Waals surface area contributed by atoms with Gasteiger partial charge in [-0.05, 0) is 38.1 Å². The number of hydrogen-bond donors (Lipinski definition) is 2. The fourth-order valence-corrected chi connectivity index (χ4v) is 3.13. The van der Waals surface area contributed by atoms with Crippen LogP contribution in [0.3, 0.4) is 0 Å². The minimum absolute atomic E-state index is 0.0344. The van der Waals surface area contributed by atoms with E-state index >= 15 is 0 Å². The van der Waals surface area contributed by atoms with Gasteiger partial charge in [0.1, 0.15) is 5.82 Å². The van der Waals surface area contributed by atoms with E-state index in [1.54, 1.807) is 6.20 Å². The first-order valence-corrected chi connectivity index (χ1v) is 8.37. The third-order valence-corrected chi connectivity index (χ3v) is 4.52. The quantitative estimate of drug-likeness (QED) is 0.877. The lowest BCUT2D eigenvalue weighted by Gasteiger charge is -2.22. The number of likely N-dealkylation sites (tertiary alicyclic amines) is 1. The highest BCUT2D eigenvalue weighted by Gasteiger charge is 2.23. The van der Waals surface area contributed by atoms with Crippen LogP contribution in [0, 0.1) is 0 Å². The molecule has 0 bridgehead atoms. The van der Waals surface area contributed by atoms with Gasteiger partial charge in [0.25, 0.3) is 5.91 Å². The van der Waals surface area contributed by atoms with Crippen molar-refractivity contribution >= 4 is 11.7 Å². The maximum atomic E-state index is 12.3. The van der Waals surface area contributed by atoms with E-state index in [9.17, 15) is 4.79 Å². The van der Waals surface area contributed by atoms with E-state index in [0.717, 1.165) is 30.8 Å². The van der Waals surface area contributed by atoms with Crippen molar-refractivity contribution in [2.24, 2.45) is 0 Å². The summed E-state index contributed by atoms with van der Waals surface area (Å²) in [5.41, 5.74) is 7.85. The second-order valence-corrected chi connectivity index (χ2v) is 6.04. The Morgan fingerprint density at radius 2 is 2.08 bits per heavy atom. The predicted molar refractivity (Wildman–Crippen MR) is 94.5 cm³/mol. The van der Waals surface area contributed by atoms with Crippen molar-refractivity contribution in [1.29, 1.82) is 0 Å². The highest BCUT2D eigenvalue weighted by molar-refractivity contribution is 5.94. The highest BCUT2D eigenvalue weighted by atomic mass is 16.1. The summed E-state index contributed by atoms with van der Waals surface area (Å²) in [4.78, 5) is 23.0. The molecule has 0 unspecified atom stereocenters. The molecule has 1 saturated heterocycles. The average Bonchev–Trinajstić information content (AvgIpc) is 3.08. The number of benzene rings is 1. The lowest BCUT2D eigenvalue weighted by molar-refractivity contribution is 0.0941. The van der Waals surface area contributed by atoms with Crippen LogP contribution in [0.5, 0.6) is 0 Å². The molecule has 0 radical (unpaired) electrons. The summed E-state index contributed by atoms with van der Waals surface area (Å²) in [5, 5.41) is 3.05. The normalized spacial score (nSPS) is 17.8. The average molecular weight is 325 g/mol. The summed E-state index contributed by atoms with van der Waals surface area (Å²) in [7, 11) is 0. The second-order valence-electron chi connectivity index (χ2n) is 6.04. The van der Waals surface area contributed by atoms with E-state index in [0.29, 0.717) is 24.0 Å². The van der Waals surface area contributed by atoms with Crippen LogP contribution in [0.4, 0.5) is 5.82 Å². The SMILES string of the molecule is CCN1CCC[C@@H]1CNC(=O)c1ccc(-c2cnc(N)cn2)cc1. The van der Waals surface area contributed by atoms with Crippen molar-refractivity contribution < 1.29 is 4.79 Å². The molecule has 1 atom stereocenters. The summed E-state index contributed by atoms with van der Waals surface area (Å²) in [6.07, 6.45) is 5.52. The number of amides is 1. The van der Waals surface area contributed by atoms with Crippen molar-refractivity contribution in [3.05, 3.63) is 42.2 Å². The van der Waals surface area contributed by atoms with E-state index in [-0.39, 0.29) is 5.91 Å². The van der Waals surface area contributed by atoms with Crippen molar-refractivity contribution in [3.63, 3.8) is 0 Å². The van der Waals surface area contributed by atoms with Crippen LogP contribution in [0.2, 0.25) is 0 Å². The Kier molecular flexibility index (Phi) is 5.05.